The van der Waals surface area contributed by atoms with E-state index in [1.54, 1.807) is 7.11 Å². The smallest absolute Gasteiger partial charge is 0.191 e. The van der Waals surface area contributed by atoms with E-state index in [0.29, 0.717) is 18.5 Å². The van der Waals surface area contributed by atoms with Crippen molar-refractivity contribution in [2.24, 2.45) is 0 Å². The van der Waals surface area contributed by atoms with Gasteiger partial charge in [0, 0.05) is 38.3 Å². The number of hydrogen-bond acceptors (Lipinski definition) is 5. The zero-order valence-electron chi connectivity index (χ0n) is 15.5. The normalized spacial score (nSPS) is 16.2. The number of aliphatic hydroxyl groups is 1. The third-order valence-electron chi connectivity index (χ3n) is 4.95. The van der Waals surface area contributed by atoms with E-state index in [9.17, 15) is 14.3 Å². The van der Waals surface area contributed by atoms with Crippen LogP contribution in [0.5, 0.6) is 5.75 Å². The van der Waals surface area contributed by atoms with E-state index in [1.807, 2.05) is 18.2 Å². The number of hydrogen-bond donors (Lipinski definition) is 1. The Hall–Kier alpha value is -2.44. The first-order valence-electron chi connectivity index (χ1n) is 9.16. The van der Waals surface area contributed by atoms with Gasteiger partial charge in [-0.05, 0) is 42.8 Å². The van der Waals surface area contributed by atoms with E-state index < -0.39 is 11.9 Å². The number of para-hydroxylation sites is 2. The van der Waals surface area contributed by atoms with E-state index >= 15 is 0 Å². The second-order valence-electron chi connectivity index (χ2n) is 6.68. The number of Topliss-reactive ketones (excluding diaryl/α,β-unsaturated/α-hetero) is 1. The molecule has 1 saturated heterocycles. The van der Waals surface area contributed by atoms with Gasteiger partial charge in [0.1, 0.15) is 17.7 Å². The third-order valence-corrected chi connectivity index (χ3v) is 4.95. The Bertz CT molecular complexity index is 758. The summed E-state index contributed by atoms with van der Waals surface area (Å²) in [4.78, 5) is 16.8. The monoisotopic (exact) mass is 372 g/mol. The van der Waals surface area contributed by atoms with Crippen molar-refractivity contribution < 1.29 is 19.0 Å². The molecule has 0 spiro atoms. The van der Waals surface area contributed by atoms with Gasteiger partial charge in [0.15, 0.2) is 5.78 Å². The number of aliphatic hydroxyl groups excluding tert-OH is 1. The fraction of sp³-hybridized carbons (Fsp3) is 0.381. The summed E-state index contributed by atoms with van der Waals surface area (Å²) < 4.78 is 18.4. The number of ether oxygens (including phenoxy) is 1. The van der Waals surface area contributed by atoms with Crippen LogP contribution in [0.4, 0.5) is 10.1 Å². The molecule has 0 bridgehead atoms. The maximum Gasteiger partial charge on any atom is 0.191 e. The molecular weight excluding hydrogens is 347 g/mol. The van der Waals surface area contributed by atoms with Gasteiger partial charge in [-0.2, -0.15) is 0 Å². The Morgan fingerprint density at radius 1 is 1.11 bits per heavy atom. The molecule has 2 aromatic rings. The van der Waals surface area contributed by atoms with Gasteiger partial charge in [0.05, 0.1) is 12.8 Å². The van der Waals surface area contributed by atoms with Gasteiger partial charge in [-0.15, -0.1) is 0 Å². The van der Waals surface area contributed by atoms with Gasteiger partial charge in [-0.25, -0.2) is 4.39 Å². The molecular formula is C21H25FN2O3. The Morgan fingerprint density at radius 2 is 1.78 bits per heavy atom. The van der Waals surface area contributed by atoms with Gasteiger partial charge >= 0.3 is 0 Å². The molecule has 27 heavy (non-hydrogen) atoms. The predicted octanol–water partition coefficient (Wildman–Crippen LogP) is 2.59. The van der Waals surface area contributed by atoms with Crippen molar-refractivity contribution in [3.8, 4) is 5.75 Å². The molecule has 1 fully saturated rings. The summed E-state index contributed by atoms with van der Waals surface area (Å²) in [5, 5.41) is 10.2. The molecule has 1 aliphatic rings. The van der Waals surface area contributed by atoms with Gasteiger partial charge < -0.3 is 14.7 Å². The summed E-state index contributed by atoms with van der Waals surface area (Å²) in [6.07, 6.45) is -0.701. The fourth-order valence-corrected chi connectivity index (χ4v) is 3.35. The molecule has 1 N–H and O–H groups in total. The van der Waals surface area contributed by atoms with Gasteiger partial charge in [0.2, 0.25) is 0 Å². The van der Waals surface area contributed by atoms with Crippen LogP contribution in [0.3, 0.4) is 0 Å². The molecule has 1 unspecified atom stereocenters. The summed E-state index contributed by atoms with van der Waals surface area (Å²) in [5.74, 6) is 0.114. The molecule has 0 radical (unpaired) electrons. The van der Waals surface area contributed by atoms with Crippen LogP contribution < -0.4 is 9.64 Å². The molecule has 0 aliphatic carbocycles. The lowest BCUT2D eigenvalue weighted by Crippen LogP contribution is -2.47. The van der Waals surface area contributed by atoms with Crippen LogP contribution in [0.2, 0.25) is 0 Å². The summed E-state index contributed by atoms with van der Waals surface area (Å²) in [7, 11) is 1.68. The Morgan fingerprint density at radius 3 is 2.44 bits per heavy atom. The molecule has 5 nitrogen and oxygen atoms in total. The zero-order chi connectivity index (χ0) is 19.2. The maximum atomic E-state index is 13.0. The van der Waals surface area contributed by atoms with E-state index in [2.05, 4.69) is 15.9 Å². The van der Waals surface area contributed by atoms with Crippen molar-refractivity contribution in [1.82, 2.24) is 4.90 Å². The summed E-state index contributed by atoms with van der Waals surface area (Å²) in [6.45, 7) is 4.09. The quantitative estimate of drug-likeness (QED) is 0.757. The molecule has 0 aromatic heterocycles. The van der Waals surface area contributed by atoms with Crippen molar-refractivity contribution in [2.45, 2.75) is 12.5 Å². The highest BCUT2D eigenvalue weighted by Gasteiger charge is 2.22. The lowest BCUT2D eigenvalue weighted by Gasteiger charge is -2.36. The maximum absolute atomic E-state index is 13.0. The molecule has 0 amide bonds. The summed E-state index contributed by atoms with van der Waals surface area (Å²) in [6, 6.07) is 13.3. The largest absolute Gasteiger partial charge is 0.495 e. The molecule has 0 saturated carbocycles. The number of nitrogens with zero attached hydrogens (tertiary/aromatic N) is 2. The first-order valence-corrected chi connectivity index (χ1v) is 9.16. The van der Waals surface area contributed by atoms with Crippen molar-refractivity contribution >= 4 is 11.5 Å². The topological polar surface area (TPSA) is 53.0 Å². The highest BCUT2D eigenvalue weighted by molar-refractivity contribution is 5.99. The lowest BCUT2D eigenvalue weighted by molar-refractivity contribution is 0.0700. The lowest BCUT2D eigenvalue weighted by atomic mass is 10.0. The molecule has 144 valence electrons. The third kappa shape index (κ3) is 4.84. The highest BCUT2D eigenvalue weighted by Crippen LogP contribution is 2.28. The molecule has 3 rings (SSSR count). The van der Waals surface area contributed by atoms with Crippen LogP contribution in [0.15, 0.2) is 48.5 Å². The minimum Gasteiger partial charge on any atom is -0.495 e. The number of halogens is 1. The fourth-order valence-electron chi connectivity index (χ4n) is 3.35. The standard InChI is InChI=1S/C21H25FN2O3/c1-27-20-5-3-2-4-18(20)24-14-12-23(13-15-24)11-10-19(25)21(26)16-6-8-17(22)9-7-16/h2-9,19,25H,10-15H2,1H3. The SMILES string of the molecule is COc1ccccc1N1CCN(CCC(O)C(=O)c2ccc(F)cc2)CC1. The van der Waals surface area contributed by atoms with Gasteiger partial charge in [-0.1, -0.05) is 12.1 Å². The number of benzene rings is 2. The Kier molecular flexibility index (Phi) is 6.42. The number of rotatable bonds is 7. The van der Waals surface area contributed by atoms with Gasteiger partial charge in [0.25, 0.3) is 0 Å². The molecule has 2 aromatic carbocycles. The average molecular weight is 372 g/mol. The van der Waals surface area contributed by atoms with Crippen LogP contribution in [-0.2, 0) is 0 Å². The number of carbonyl (C=O) groups is 1. The highest BCUT2D eigenvalue weighted by atomic mass is 19.1. The van der Waals surface area contributed by atoms with Crippen molar-refractivity contribution in [3.05, 3.63) is 59.9 Å². The van der Waals surface area contributed by atoms with Crippen LogP contribution in [0.25, 0.3) is 0 Å². The predicted molar refractivity (Wildman–Crippen MR) is 103 cm³/mol. The molecule has 1 heterocycles. The second kappa shape index (κ2) is 8.97. The van der Waals surface area contributed by atoms with Gasteiger partial charge in [-0.3, -0.25) is 9.69 Å². The Labute approximate surface area is 159 Å². The summed E-state index contributed by atoms with van der Waals surface area (Å²) >= 11 is 0. The van der Waals surface area contributed by atoms with Crippen molar-refractivity contribution in [2.75, 3.05) is 44.7 Å². The van der Waals surface area contributed by atoms with E-state index in [1.165, 1.54) is 24.3 Å². The van der Waals surface area contributed by atoms with Crippen molar-refractivity contribution in [3.63, 3.8) is 0 Å². The second-order valence-corrected chi connectivity index (χ2v) is 6.68. The molecule has 1 atom stereocenters. The zero-order valence-corrected chi connectivity index (χ0v) is 15.5. The van der Waals surface area contributed by atoms with Crippen LogP contribution in [0.1, 0.15) is 16.8 Å². The van der Waals surface area contributed by atoms with Crippen molar-refractivity contribution in [1.29, 1.82) is 0 Å². The minimum absolute atomic E-state index is 0.338. The molecule has 1 aliphatic heterocycles. The number of methoxy groups -OCH3 is 1. The van der Waals surface area contributed by atoms with Crippen LogP contribution in [0, 0.1) is 5.82 Å². The Balaban J connectivity index is 1.48. The minimum atomic E-state index is -1.07. The van der Waals surface area contributed by atoms with Crippen LogP contribution >= 0.6 is 0 Å². The van der Waals surface area contributed by atoms with E-state index in [-0.39, 0.29) is 5.78 Å². The van der Waals surface area contributed by atoms with E-state index in [0.717, 1.165) is 37.6 Å². The average Bonchev–Trinajstić information content (AvgIpc) is 2.72. The van der Waals surface area contributed by atoms with E-state index in [4.69, 9.17) is 4.74 Å². The number of anilines is 1. The molecule has 6 heteroatoms. The number of carbonyl (C=O) groups excluding carboxylic acids is 1. The first-order chi connectivity index (χ1) is 13.1. The number of piperazine rings is 1. The summed E-state index contributed by atoms with van der Waals surface area (Å²) in [5.41, 5.74) is 1.43. The number of ketones is 1. The first kappa shape index (κ1) is 19.3. The van der Waals surface area contributed by atoms with Crippen LogP contribution in [-0.4, -0.2) is 61.7 Å².